The third kappa shape index (κ3) is 2.76. The summed E-state index contributed by atoms with van der Waals surface area (Å²) in [6.45, 7) is 1.76. The number of rotatable bonds is 2. The highest BCUT2D eigenvalue weighted by molar-refractivity contribution is 6.31. The van der Waals surface area contributed by atoms with Gasteiger partial charge in [0.2, 0.25) is 0 Å². The van der Waals surface area contributed by atoms with Crippen molar-refractivity contribution in [3.63, 3.8) is 0 Å². The fourth-order valence-corrected chi connectivity index (χ4v) is 1.57. The molecule has 1 amide bonds. The summed E-state index contributed by atoms with van der Waals surface area (Å²) in [5.74, 6) is -0.374. The summed E-state index contributed by atoms with van der Waals surface area (Å²) in [6.07, 6.45) is 1.45. The van der Waals surface area contributed by atoms with Gasteiger partial charge in [-0.15, -0.1) is 0 Å². The molecule has 0 bridgehead atoms. The second-order valence-electron chi connectivity index (χ2n) is 3.52. The van der Waals surface area contributed by atoms with Crippen LogP contribution in [0.5, 0.6) is 0 Å². The minimum Gasteiger partial charge on any atom is -0.432 e. The van der Waals surface area contributed by atoms with Crippen LogP contribution in [0, 0.1) is 6.92 Å². The normalized spacial score (nSPS) is 10.2. The average molecular weight is 252 g/mol. The number of nitrogens with zero attached hydrogens (tertiary/aromatic N) is 1. The molecule has 0 saturated heterocycles. The Kier molecular flexibility index (Phi) is 3.01. The highest BCUT2D eigenvalue weighted by atomic mass is 35.5. The van der Waals surface area contributed by atoms with Gasteiger partial charge in [0, 0.05) is 16.3 Å². The first-order valence-corrected chi connectivity index (χ1v) is 5.22. The molecule has 0 aliphatic heterocycles. The van der Waals surface area contributed by atoms with E-state index in [4.69, 9.17) is 21.8 Å². The van der Waals surface area contributed by atoms with Crippen LogP contribution in [0.2, 0.25) is 5.02 Å². The number of aromatic nitrogens is 1. The van der Waals surface area contributed by atoms with Crippen LogP contribution < -0.4 is 11.1 Å². The van der Waals surface area contributed by atoms with Crippen LogP contribution in [0.4, 0.5) is 11.7 Å². The molecule has 0 radical (unpaired) electrons. The molecule has 0 unspecified atom stereocenters. The van der Waals surface area contributed by atoms with E-state index in [1.807, 2.05) is 0 Å². The Morgan fingerprint density at radius 3 is 2.82 bits per heavy atom. The molecule has 5 nitrogen and oxygen atoms in total. The average Bonchev–Trinajstić information content (AvgIpc) is 2.62. The van der Waals surface area contributed by atoms with Crippen LogP contribution >= 0.6 is 11.6 Å². The van der Waals surface area contributed by atoms with Gasteiger partial charge >= 0.3 is 6.01 Å². The Hall–Kier alpha value is -2.01. The van der Waals surface area contributed by atoms with E-state index in [-0.39, 0.29) is 11.9 Å². The standard InChI is InChI=1S/C11H10ClN3O2/c1-6-5-17-11(14-6)15-10(16)7-2-8(12)4-9(13)3-7/h2-5H,13H2,1H3,(H,14,15,16). The van der Waals surface area contributed by atoms with Gasteiger partial charge in [-0.2, -0.15) is 4.98 Å². The number of anilines is 2. The van der Waals surface area contributed by atoms with E-state index in [2.05, 4.69) is 10.3 Å². The molecule has 0 aliphatic rings. The molecule has 88 valence electrons. The predicted octanol–water partition coefficient (Wildman–Crippen LogP) is 2.47. The Balaban J connectivity index is 2.19. The van der Waals surface area contributed by atoms with Crippen LogP contribution in [0.15, 0.2) is 28.9 Å². The molecule has 17 heavy (non-hydrogen) atoms. The lowest BCUT2D eigenvalue weighted by Gasteiger charge is -2.03. The molecule has 2 rings (SSSR count). The van der Waals surface area contributed by atoms with E-state index in [9.17, 15) is 4.79 Å². The van der Waals surface area contributed by atoms with Crippen molar-refractivity contribution in [3.8, 4) is 0 Å². The second kappa shape index (κ2) is 4.47. The molecule has 0 spiro atoms. The summed E-state index contributed by atoms with van der Waals surface area (Å²) in [7, 11) is 0. The summed E-state index contributed by atoms with van der Waals surface area (Å²) in [5.41, 5.74) is 7.05. The van der Waals surface area contributed by atoms with Crippen molar-refractivity contribution in [2.45, 2.75) is 6.92 Å². The molecule has 0 aliphatic carbocycles. The first kappa shape index (κ1) is 11.5. The first-order chi connectivity index (χ1) is 8.04. The van der Waals surface area contributed by atoms with Gasteiger partial charge in [0.1, 0.15) is 6.26 Å². The maximum atomic E-state index is 11.8. The zero-order chi connectivity index (χ0) is 12.4. The zero-order valence-electron chi connectivity index (χ0n) is 9.03. The van der Waals surface area contributed by atoms with Crippen molar-refractivity contribution < 1.29 is 9.21 Å². The summed E-state index contributed by atoms with van der Waals surface area (Å²) in [5, 5.41) is 2.90. The van der Waals surface area contributed by atoms with Crippen molar-refractivity contribution in [2.75, 3.05) is 11.1 Å². The molecule has 0 saturated carbocycles. The number of carbonyl (C=O) groups excluding carboxylic acids is 1. The molecule has 0 fully saturated rings. The molecular formula is C11H10ClN3O2. The Bertz CT molecular complexity index is 545. The lowest BCUT2D eigenvalue weighted by atomic mass is 10.2. The quantitative estimate of drug-likeness (QED) is 0.804. The number of carbonyl (C=O) groups is 1. The zero-order valence-corrected chi connectivity index (χ0v) is 9.78. The van der Waals surface area contributed by atoms with Crippen LogP contribution in [0.1, 0.15) is 16.1 Å². The van der Waals surface area contributed by atoms with E-state index in [1.54, 1.807) is 13.0 Å². The van der Waals surface area contributed by atoms with Gasteiger partial charge in [-0.1, -0.05) is 11.6 Å². The van der Waals surface area contributed by atoms with Gasteiger partial charge in [0.25, 0.3) is 5.91 Å². The highest BCUT2D eigenvalue weighted by Gasteiger charge is 2.10. The van der Waals surface area contributed by atoms with Crippen LogP contribution in [0.25, 0.3) is 0 Å². The number of halogens is 1. The van der Waals surface area contributed by atoms with E-state index in [1.165, 1.54) is 18.4 Å². The largest absolute Gasteiger partial charge is 0.432 e. The second-order valence-corrected chi connectivity index (χ2v) is 3.96. The van der Waals surface area contributed by atoms with Gasteiger partial charge in [0.05, 0.1) is 5.69 Å². The van der Waals surface area contributed by atoms with Gasteiger partial charge in [-0.05, 0) is 25.1 Å². The van der Waals surface area contributed by atoms with E-state index >= 15 is 0 Å². The van der Waals surface area contributed by atoms with Crippen molar-refractivity contribution >= 4 is 29.2 Å². The number of benzene rings is 1. The van der Waals surface area contributed by atoms with E-state index in [0.717, 1.165) is 0 Å². The number of nitrogens with two attached hydrogens (primary N) is 1. The number of hydrogen-bond donors (Lipinski definition) is 2. The van der Waals surface area contributed by atoms with Crippen molar-refractivity contribution in [3.05, 3.63) is 40.7 Å². The molecule has 1 aromatic carbocycles. The van der Waals surface area contributed by atoms with Crippen LogP contribution in [-0.2, 0) is 0 Å². The van der Waals surface area contributed by atoms with Gasteiger partial charge in [0.15, 0.2) is 0 Å². The maximum Gasteiger partial charge on any atom is 0.301 e. The number of nitrogen functional groups attached to an aromatic ring is 1. The van der Waals surface area contributed by atoms with Crippen LogP contribution in [0.3, 0.4) is 0 Å². The Morgan fingerprint density at radius 1 is 1.47 bits per heavy atom. The summed E-state index contributed by atoms with van der Waals surface area (Å²) >= 11 is 5.80. The number of aryl methyl sites for hydroxylation is 1. The SMILES string of the molecule is Cc1coc(NC(=O)c2cc(N)cc(Cl)c2)n1. The Morgan fingerprint density at radius 2 is 2.24 bits per heavy atom. The number of hydrogen-bond acceptors (Lipinski definition) is 4. The molecule has 3 N–H and O–H groups in total. The molecule has 0 atom stereocenters. The summed E-state index contributed by atoms with van der Waals surface area (Å²) in [4.78, 5) is 15.8. The fourth-order valence-electron chi connectivity index (χ4n) is 1.32. The molecule has 1 aromatic heterocycles. The minimum absolute atomic E-state index is 0.144. The highest BCUT2D eigenvalue weighted by Crippen LogP contribution is 2.17. The van der Waals surface area contributed by atoms with Crippen molar-refractivity contribution in [1.29, 1.82) is 0 Å². The fraction of sp³-hybridized carbons (Fsp3) is 0.0909. The van der Waals surface area contributed by atoms with Gasteiger partial charge in [-0.3, -0.25) is 10.1 Å². The smallest absolute Gasteiger partial charge is 0.301 e. The third-order valence-electron chi connectivity index (χ3n) is 2.02. The Labute approximate surface area is 103 Å². The minimum atomic E-state index is -0.374. The number of amides is 1. The lowest BCUT2D eigenvalue weighted by Crippen LogP contribution is -2.12. The topological polar surface area (TPSA) is 81.2 Å². The van der Waals surface area contributed by atoms with E-state index in [0.29, 0.717) is 22.0 Å². The number of nitrogens with one attached hydrogen (secondary N) is 1. The maximum absolute atomic E-state index is 11.8. The molecule has 1 heterocycles. The third-order valence-corrected chi connectivity index (χ3v) is 2.24. The van der Waals surface area contributed by atoms with Crippen LogP contribution in [-0.4, -0.2) is 10.9 Å². The monoisotopic (exact) mass is 251 g/mol. The first-order valence-electron chi connectivity index (χ1n) is 4.84. The molecular weight excluding hydrogens is 242 g/mol. The summed E-state index contributed by atoms with van der Waals surface area (Å²) < 4.78 is 5.01. The summed E-state index contributed by atoms with van der Waals surface area (Å²) in [6, 6.07) is 4.75. The lowest BCUT2D eigenvalue weighted by molar-refractivity contribution is 0.102. The molecule has 6 heteroatoms. The van der Waals surface area contributed by atoms with Crippen molar-refractivity contribution in [1.82, 2.24) is 4.98 Å². The van der Waals surface area contributed by atoms with E-state index < -0.39 is 0 Å². The van der Waals surface area contributed by atoms with Gasteiger partial charge in [-0.25, -0.2) is 0 Å². The molecule has 2 aromatic rings. The van der Waals surface area contributed by atoms with Crippen molar-refractivity contribution in [2.24, 2.45) is 0 Å². The predicted molar refractivity (Wildman–Crippen MR) is 65.1 cm³/mol. The van der Waals surface area contributed by atoms with Gasteiger partial charge < -0.3 is 10.2 Å². The number of oxazole rings is 1.